The Kier molecular flexibility index (Phi) is 12.0. The molecule has 4 aromatic carbocycles. The number of ether oxygens (including phenoxy) is 2. The predicted octanol–water partition coefficient (Wildman–Crippen LogP) is 14.3. The van der Waals surface area contributed by atoms with Gasteiger partial charge in [-0.3, -0.25) is 15.0 Å². The normalized spacial score (nSPS) is 12.0. The molecule has 8 heterocycles. The number of aromatic amines is 2. The fourth-order valence-corrected chi connectivity index (χ4v) is 9.94. The molecule has 9 nitrogen and oxygen atoms in total. The van der Waals surface area contributed by atoms with Crippen molar-refractivity contribution in [2.75, 3.05) is 13.2 Å². The second kappa shape index (κ2) is 19.6. The van der Waals surface area contributed by atoms with Gasteiger partial charge >= 0.3 is 0 Å². The van der Waals surface area contributed by atoms with Crippen LogP contribution in [-0.4, -0.2) is 48.1 Å². The zero-order valence-corrected chi connectivity index (χ0v) is 39.2. The SMILES string of the molecule is C1=Cc2nc1c(-c1ccncc1)c1ccc([nH]1)c(-c1ccncc1)c1nc(c(-c3ccc(OCCCOC(c4ccccc4)(c4ccccc4)c4ccccc4)cc3)c3ccc([nH]3)c2-c2ccncc2)C=C1. The lowest BCUT2D eigenvalue weighted by Gasteiger charge is -2.36. The fourth-order valence-electron chi connectivity index (χ4n) is 9.94. The predicted molar refractivity (Wildman–Crippen MR) is 289 cm³/mol. The first kappa shape index (κ1) is 43.9. The molecule has 0 radical (unpaired) electrons. The minimum Gasteiger partial charge on any atom is -0.494 e. The van der Waals surface area contributed by atoms with E-state index in [4.69, 9.17) is 19.4 Å². The monoisotopic (exact) mass is 933 g/mol. The van der Waals surface area contributed by atoms with Crippen molar-refractivity contribution in [1.29, 1.82) is 0 Å². The summed E-state index contributed by atoms with van der Waals surface area (Å²) in [5, 5.41) is 0. The zero-order chi connectivity index (χ0) is 48.1. The molecule has 2 N–H and O–H groups in total. The van der Waals surface area contributed by atoms with Crippen LogP contribution in [0.4, 0.5) is 0 Å². The maximum Gasteiger partial charge on any atom is 0.143 e. The molecule has 8 bridgehead atoms. The summed E-state index contributed by atoms with van der Waals surface area (Å²) in [6.45, 7) is 0.945. The molecule has 72 heavy (non-hydrogen) atoms. The van der Waals surface area contributed by atoms with Crippen LogP contribution in [0.15, 0.2) is 213 Å². The van der Waals surface area contributed by atoms with E-state index in [2.05, 4.69) is 158 Å². The van der Waals surface area contributed by atoms with Gasteiger partial charge in [0.25, 0.3) is 0 Å². The number of rotatable bonds is 13. The molecule has 0 amide bonds. The van der Waals surface area contributed by atoms with Gasteiger partial charge in [0.05, 0.1) is 36.0 Å². The Hall–Kier alpha value is -9.31. The molecule has 0 saturated heterocycles. The third kappa shape index (κ3) is 8.48. The molecular weight excluding hydrogens is 887 g/mol. The number of nitrogens with zero attached hydrogens (tertiary/aromatic N) is 5. The van der Waals surface area contributed by atoms with Crippen molar-refractivity contribution in [3.63, 3.8) is 0 Å². The van der Waals surface area contributed by atoms with E-state index in [1.54, 1.807) is 0 Å². The number of H-pyrrole nitrogens is 2. The summed E-state index contributed by atoms with van der Waals surface area (Å²) in [5.74, 6) is 0.765. The van der Waals surface area contributed by atoms with Crippen LogP contribution in [-0.2, 0) is 10.3 Å². The molecular formula is C63H47N7O2. The highest BCUT2D eigenvalue weighted by Crippen LogP contribution is 2.42. The van der Waals surface area contributed by atoms with E-state index < -0.39 is 5.60 Å². The van der Waals surface area contributed by atoms with Crippen LogP contribution in [0.25, 0.3) is 90.9 Å². The van der Waals surface area contributed by atoms with Crippen molar-refractivity contribution in [1.82, 2.24) is 34.9 Å². The topological polar surface area (TPSA) is 114 Å². The molecule has 9 heteroatoms. The Bertz CT molecular complexity index is 3610. The van der Waals surface area contributed by atoms with Crippen LogP contribution in [0.5, 0.6) is 5.75 Å². The average molecular weight is 934 g/mol. The van der Waals surface area contributed by atoms with Gasteiger partial charge in [-0.2, -0.15) is 0 Å². The first-order chi connectivity index (χ1) is 35.7. The summed E-state index contributed by atoms with van der Waals surface area (Å²) >= 11 is 0. The largest absolute Gasteiger partial charge is 0.494 e. The van der Waals surface area contributed by atoms with Crippen LogP contribution in [0, 0.1) is 0 Å². The van der Waals surface area contributed by atoms with Crippen LogP contribution in [0.1, 0.15) is 45.9 Å². The third-order valence-electron chi connectivity index (χ3n) is 13.2. The molecule has 6 aromatic heterocycles. The zero-order valence-electron chi connectivity index (χ0n) is 39.2. The Labute approximate surface area is 417 Å². The van der Waals surface area contributed by atoms with Crippen molar-refractivity contribution < 1.29 is 9.47 Å². The van der Waals surface area contributed by atoms with Crippen molar-refractivity contribution in [2.24, 2.45) is 0 Å². The van der Waals surface area contributed by atoms with E-state index in [-0.39, 0.29) is 0 Å². The molecule has 346 valence electrons. The number of nitrogens with one attached hydrogen (secondary N) is 2. The summed E-state index contributed by atoms with van der Waals surface area (Å²) in [5.41, 5.74) is 17.1. The lowest BCUT2D eigenvalue weighted by atomic mass is 9.80. The molecule has 0 aliphatic carbocycles. The molecule has 0 spiro atoms. The highest BCUT2D eigenvalue weighted by atomic mass is 16.5. The second-order valence-electron chi connectivity index (χ2n) is 17.6. The Morgan fingerprint density at radius 3 is 1.03 bits per heavy atom. The van der Waals surface area contributed by atoms with E-state index in [9.17, 15) is 0 Å². The number of fused-ring (bicyclic) bond motifs is 8. The number of hydrogen-bond donors (Lipinski definition) is 2. The maximum absolute atomic E-state index is 7.03. The minimum absolute atomic E-state index is 0.471. The van der Waals surface area contributed by atoms with E-state index in [0.29, 0.717) is 19.6 Å². The van der Waals surface area contributed by atoms with E-state index in [1.807, 2.05) is 104 Å². The fraction of sp³-hybridized carbons (Fsp3) is 0.0635. The van der Waals surface area contributed by atoms with Gasteiger partial charge in [-0.15, -0.1) is 0 Å². The van der Waals surface area contributed by atoms with Gasteiger partial charge < -0.3 is 19.4 Å². The highest BCUT2D eigenvalue weighted by molar-refractivity contribution is 5.99. The van der Waals surface area contributed by atoms with Crippen LogP contribution in [0.3, 0.4) is 0 Å². The van der Waals surface area contributed by atoms with Gasteiger partial charge in [0.2, 0.25) is 0 Å². The van der Waals surface area contributed by atoms with Crippen molar-refractivity contribution in [3.05, 3.63) is 253 Å². The van der Waals surface area contributed by atoms with Gasteiger partial charge in [-0.05, 0) is 136 Å². The van der Waals surface area contributed by atoms with Crippen molar-refractivity contribution >= 4 is 46.4 Å². The van der Waals surface area contributed by atoms with Gasteiger partial charge in [-0.1, -0.05) is 103 Å². The van der Waals surface area contributed by atoms with Crippen LogP contribution >= 0.6 is 0 Å². The van der Waals surface area contributed by atoms with E-state index in [1.165, 1.54) is 0 Å². The lowest BCUT2D eigenvalue weighted by molar-refractivity contribution is 0.00713. The average Bonchev–Trinajstić information content (AvgIpc) is 4.31. The van der Waals surface area contributed by atoms with E-state index >= 15 is 0 Å². The number of pyridine rings is 3. The van der Waals surface area contributed by atoms with Crippen molar-refractivity contribution in [2.45, 2.75) is 12.0 Å². The summed E-state index contributed by atoms with van der Waals surface area (Å²) in [7, 11) is 0. The summed E-state index contributed by atoms with van der Waals surface area (Å²) in [6.07, 6.45) is 20.0. The van der Waals surface area contributed by atoms with Gasteiger partial charge in [0.15, 0.2) is 0 Å². The summed E-state index contributed by atoms with van der Waals surface area (Å²) in [4.78, 5) is 31.5. The van der Waals surface area contributed by atoms with Gasteiger partial charge in [0.1, 0.15) is 11.4 Å². The van der Waals surface area contributed by atoms with Crippen LogP contribution < -0.4 is 4.74 Å². The Balaban J connectivity index is 0.938. The third-order valence-corrected chi connectivity index (χ3v) is 13.2. The van der Waals surface area contributed by atoms with E-state index in [0.717, 1.165) is 112 Å². The lowest BCUT2D eigenvalue weighted by Crippen LogP contribution is -2.33. The molecule has 2 aliphatic heterocycles. The van der Waals surface area contributed by atoms with Crippen molar-refractivity contribution in [3.8, 4) is 50.3 Å². The summed E-state index contributed by atoms with van der Waals surface area (Å²) < 4.78 is 13.5. The Morgan fingerprint density at radius 1 is 0.347 bits per heavy atom. The molecule has 0 atom stereocenters. The first-order valence-corrected chi connectivity index (χ1v) is 24.1. The molecule has 0 saturated carbocycles. The van der Waals surface area contributed by atoms with Gasteiger partial charge in [-0.25, -0.2) is 9.97 Å². The Morgan fingerprint density at radius 2 is 0.681 bits per heavy atom. The minimum atomic E-state index is -0.789. The highest BCUT2D eigenvalue weighted by Gasteiger charge is 2.37. The molecule has 2 aliphatic rings. The van der Waals surface area contributed by atoms with Crippen LogP contribution in [0.2, 0.25) is 0 Å². The molecule has 10 aromatic rings. The van der Waals surface area contributed by atoms with Gasteiger partial charge in [0, 0.05) is 87.9 Å². The number of benzene rings is 4. The first-order valence-electron chi connectivity index (χ1n) is 24.1. The molecule has 12 rings (SSSR count). The number of aromatic nitrogens is 7. The smallest absolute Gasteiger partial charge is 0.143 e. The quantitative estimate of drug-likeness (QED) is 0.0874. The summed E-state index contributed by atoms with van der Waals surface area (Å²) in [6, 6.07) is 60.3. The maximum atomic E-state index is 7.03. The molecule has 0 fully saturated rings. The second-order valence-corrected chi connectivity index (χ2v) is 17.6. The standard InChI is InChI=1S/C63H47N7O2/c1-4-11-47(12-5-1)63(48-13-6-2-7-14-48,49-15-8-3-9-16-49)72-42-10-41-71-50-19-17-43(18-20-50)59-51-21-23-53(67-51)60(44-29-35-64-36-30-44)55-25-27-57(69-55)62(46-33-39-66-40-34-46)58-28-26-56(70-58)61(45-31-37-65-38-32-45)54-24-22-52(59)68-54/h1-9,11-40,67,70H,10,41-42H2. The molecule has 0 unspecified atom stereocenters. The number of hydrogen-bond acceptors (Lipinski definition) is 7.